The number of nitrogens with one attached hydrogen (secondary N) is 6. The van der Waals surface area contributed by atoms with Gasteiger partial charge in [-0.2, -0.15) is 0 Å². The number of guanidine groups is 1. The van der Waals surface area contributed by atoms with Crippen LogP contribution in [0.1, 0.15) is 87.0 Å². The highest BCUT2D eigenvalue weighted by Crippen LogP contribution is 2.20. The van der Waals surface area contributed by atoms with Crippen molar-refractivity contribution < 1.29 is 43.8 Å². The van der Waals surface area contributed by atoms with Gasteiger partial charge in [0, 0.05) is 26.6 Å². The number of likely N-dealkylation sites (N-methyl/N-ethyl adjacent to an activating group) is 1. The van der Waals surface area contributed by atoms with Crippen LogP contribution in [0.3, 0.4) is 0 Å². The summed E-state index contributed by atoms with van der Waals surface area (Å²) in [6.45, 7) is 11.4. The number of aliphatic hydroxyl groups excluding tert-OH is 2. The summed E-state index contributed by atoms with van der Waals surface area (Å²) in [5.74, 6) is -5.28. The normalized spacial score (nSPS) is 17.9. The number of hydrogen-bond acceptors (Lipinski definition) is 10. The van der Waals surface area contributed by atoms with Gasteiger partial charge in [0.1, 0.15) is 36.3 Å². The predicted molar refractivity (Wildman–Crippen MR) is 196 cm³/mol. The van der Waals surface area contributed by atoms with E-state index in [2.05, 4.69) is 36.9 Å². The van der Waals surface area contributed by atoms with Gasteiger partial charge in [-0.3, -0.25) is 38.6 Å². The van der Waals surface area contributed by atoms with E-state index >= 15 is 0 Å². The lowest BCUT2D eigenvalue weighted by molar-refractivity contribution is -0.142. The van der Waals surface area contributed by atoms with Crippen molar-refractivity contribution >= 4 is 47.3 Å². The van der Waals surface area contributed by atoms with Gasteiger partial charge in [0.15, 0.2) is 5.96 Å². The molecule has 0 aromatic heterocycles. The summed E-state index contributed by atoms with van der Waals surface area (Å²) in [7, 11) is 0. The summed E-state index contributed by atoms with van der Waals surface area (Å²) in [6, 6.07) is -7.22. The number of hydrogen-bond donors (Lipinski definition) is 10. The first-order valence-corrected chi connectivity index (χ1v) is 18.3. The predicted octanol–water partition coefficient (Wildman–Crippen LogP) is -2.92. The van der Waals surface area contributed by atoms with Crippen LogP contribution in [0.5, 0.6) is 0 Å². The van der Waals surface area contributed by atoms with E-state index in [0.29, 0.717) is 38.8 Å². The fraction of sp³-hybridized carbons (Fsp3) is 0.765. The highest BCUT2D eigenvalue weighted by atomic mass is 16.3. The van der Waals surface area contributed by atoms with Gasteiger partial charge >= 0.3 is 0 Å². The average molecular weight is 755 g/mol. The summed E-state index contributed by atoms with van der Waals surface area (Å²) in [4.78, 5) is 97.2. The molecule has 0 aromatic carbocycles. The summed E-state index contributed by atoms with van der Waals surface area (Å²) >= 11 is 0. The maximum absolute atomic E-state index is 13.8. The van der Waals surface area contributed by atoms with E-state index in [-0.39, 0.29) is 37.2 Å². The molecule has 19 nitrogen and oxygen atoms in total. The first-order valence-electron chi connectivity index (χ1n) is 18.3. The summed E-state index contributed by atoms with van der Waals surface area (Å²) in [5.41, 5.74) is 10.9. The van der Waals surface area contributed by atoms with Crippen LogP contribution in [0.4, 0.5) is 0 Å². The number of carbonyl (C=O) groups excluding carboxylic acids is 7. The summed E-state index contributed by atoms with van der Waals surface area (Å²) < 4.78 is 0. The van der Waals surface area contributed by atoms with Crippen molar-refractivity contribution in [3.63, 3.8) is 0 Å². The standard InChI is InChI=1S/C34H62N10O9/c1-8-19(5)26(31(51)40-22(12-10-14-38-34(35)36)33(53)44-15-11-13-25(44)30(50)37-9-2)42-29(49)24(17-45)41-32(52)27(20(6)46)43-28(48)23(16-18(3)4)39-21(7)47/h18-20,22-27,45-46H,8-17H2,1-7H3,(H,37,50)(H,39,47)(H,40,51)(H,41,52)(H,42,49)(H,43,48)(H4,35,36,38)/t19-,20+,22-,23-,24-,25-,26-,27-/m0/s1. The molecular formula is C34H62N10O9. The number of aliphatic imine (C=N–C) groups is 1. The van der Waals surface area contributed by atoms with Crippen molar-refractivity contribution in [1.29, 1.82) is 0 Å². The van der Waals surface area contributed by atoms with E-state index < -0.39 is 90.3 Å². The Bertz CT molecular complexity index is 1290. The number of aliphatic hydroxyl groups is 2. The van der Waals surface area contributed by atoms with Crippen molar-refractivity contribution in [2.24, 2.45) is 28.3 Å². The van der Waals surface area contributed by atoms with Crippen LogP contribution in [0.25, 0.3) is 0 Å². The molecule has 1 heterocycles. The molecule has 53 heavy (non-hydrogen) atoms. The Balaban J connectivity index is 3.22. The van der Waals surface area contributed by atoms with Crippen molar-refractivity contribution in [2.75, 3.05) is 26.2 Å². The molecule has 1 fully saturated rings. The smallest absolute Gasteiger partial charge is 0.245 e. The van der Waals surface area contributed by atoms with Crippen molar-refractivity contribution in [3.8, 4) is 0 Å². The minimum Gasteiger partial charge on any atom is -0.394 e. The second-order valence-electron chi connectivity index (χ2n) is 13.8. The van der Waals surface area contributed by atoms with Crippen molar-refractivity contribution in [2.45, 2.75) is 129 Å². The Kier molecular flexibility index (Phi) is 20.4. The molecule has 1 aliphatic heterocycles. The second kappa shape index (κ2) is 23.2. The number of amides is 7. The zero-order valence-electron chi connectivity index (χ0n) is 32.1. The van der Waals surface area contributed by atoms with Crippen LogP contribution >= 0.6 is 0 Å². The topological polar surface area (TPSA) is 300 Å². The van der Waals surface area contributed by atoms with E-state index in [9.17, 15) is 43.8 Å². The Labute approximate surface area is 311 Å². The van der Waals surface area contributed by atoms with Gasteiger partial charge in [0.2, 0.25) is 41.4 Å². The van der Waals surface area contributed by atoms with Gasteiger partial charge < -0.3 is 58.5 Å². The summed E-state index contributed by atoms with van der Waals surface area (Å²) in [6.07, 6.45) is 0.678. The molecule has 1 saturated heterocycles. The number of nitrogens with zero attached hydrogens (tertiary/aromatic N) is 2. The molecule has 8 atom stereocenters. The number of rotatable bonds is 22. The first kappa shape index (κ1) is 46.5. The molecule has 0 spiro atoms. The zero-order valence-corrected chi connectivity index (χ0v) is 32.1. The van der Waals surface area contributed by atoms with Crippen LogP contribution in [0.15, 0.2) is 4.99 Å². The molecule has 0 bridgehead atoms. The van der Waals surface area contributed by atoms with Crippen LogP contribution in [-0.2, 0) is 33.6 Å². The Morgan fingerprint density at radius 2 is 1.42 bits per heavy atom. The Morgan fingerprint density at radius 3 is 1.94 bits per heavy atom. The van der Waals surface area contributed by atoms with E-state index in [1.165, 1.54) is 18.7 Å². The van der Waals surface area contributed by atoms with E-state index in [1.54, 1.807) is 20.8 Å². The Hall–Kier alpha value is -4.52. The highest BCUT2D eigenvalue weighted by molar-refractivity contribution is 5.97. The van der Waals surface area contributed by atoms with E-state index in [4.69, 9.17) is 11.5 Å². The van der Waals surface area contributed by atoms with Crippen molar-refractivity contribution in [3.05, 3.63) is 0 Å². The zero-order chi connectivity index (χ0) is 40.4. The quantitative estimate of drug-likeness (QED) is 0.0303. The minimum atomic E-state index is -1.61. The minimum absolute atomic E-state index is 0.00271. The van der Waals surface area contributed by atoms with Gasteiger partial charge in [-0.25, -0.2) is 0 Å². The molecule has 0 unspecified atom stereocenters. The Morgan fingerprint density at radius 1 is 0.830 bits per heavy atom. The number of carbonyl (C=O) groups is 7. The molecule has 0 radical (unpaired) electrons. The van der Waals surface area contributed by atoms with Gasteiger partial charge in [-0.15, -0.1) is 0 Å². The molecule has 302 valence electrons. The maximum atomic E-state index is 13.8. The SMILES string of the molecule is CCNC(=O)[C@@H]1CCCN1C(=O)[C@H](CCCN=C(N)N)NC(=O)[C@@H](NC(=O)[C@H](CO)NC(=O)[C@@H](NC(=O)[C@H](CC(C)C)NC(C)=O)[C@@H](C)O)[C@@H](C)CC. The van der Waals surface area contributed by atoms with Gasteiger partial charge in [-0.05, 0) is 57.8 Å². The second-order valence-corrected chi connectivity index (χ2v) is 13.8. The molecular weight excluding hydrogens is 692 g/mol. The monoisotopic (exact) mass is 754 g/mol. The first-order chi connectivity index (χ1) is 24.9. The van der Waals surface area contributed by atoms with Crippen LogP contribution < -0.4 is 43.4 Å². The fourth-order valence-electron chi connectivity index (χ4n) is 5.84. The third-order valence-electron chi connectivity index (χ3n) is 8.82. The van der Waals surface area contributed by atoms with Crippen LogP contribution in [0.2, 0.25) is 0 Å². The molecule has 12 N–H and O–H groups in total. The van der Waals surface area contributed by atoms with Crippen LogP contribution in [-0.4, -0.2) is 131 Å². The molecule has 0 aromatic rings. The third kappa shape index (κ3) is 15.5. The summed E-state index contributed by atoms with van der Waals surface area (Å²) in [5, 5.41) is 35.7. The lowest BCUT2D eigenvalue weighted by Crippen LogP contribution is -2.62. The maximum Gasteiger partial charge on any atom is 0.245 e. The van der Waals surface area contributed by atoms with Gasteiger partial charge in [0.25, 0.3) is 0 Å². The lowest BCUT2D eigenvalue weighted by atomic mass is 9.97. The molecule has 1 aliphatic rings. The lowest BCUT2D eigenvalue weighted by Gasteiger charge is -2.31. The number of nitrogens with two attached hydrogens (primary N) is 2. The molecule has 7 amide bonds. The molecule has 0 saturated carbocycles. The molecule has 19 heteroatoms. The van der Waals surface area contributed by atoms with Crippen LogP contribution in [0, 0.1) is 11.8 Å². The largest absolute Gasteiger partial charge is 0.394 e. The highest BCUT2D eigenvalue weighted by Gasteiger charge is 2.39. The fourth-order valence-corrected chi connectivity index (χ4v) is 5.84. The van der Waals surface area contributed by atoms with Gasteiger partial charge in [0.05, 0.1) is 12.7 Å². The van der Waals surface area contributed by atoms with Gasteiger partial charge in [-0.1, -0.05) is 34.1 Å². The van der Waals surface area contributed by atoms with Crippen molar-refractivity contribution in [1.82, 2.24) is 36.8 Å². The third-order valence-corrected chi connectivity index (χ3v) is 8.82. The number of likely N-dealkylation sites (tertiary alicyclic amines) is 1. The average Bonchev–Trinajstić information content (AvgIpc) is 3.58. The molecule has 1 rings (SSSR count). The molecule has 0 aliphatic carbocycles. The van der Waals surface area contributed by atoms with E-state index in [1.807, 2.05) is 13.8 Å². The van der Waals surface area contributed by atoms with E-state index in [0.717, 1.165) is 0 Å².